The number of benzene rings is 1. The molecule has 1 aliphatic rings. The van der Waals surface area contributed by atoms with Crippen LogP contribution in [0.25, 0.3) is 11.4 Å². The molecule has 0 unspecified atom stereocenters. The Balaban J connectivity index is 0.00000144. The van der Waals surface area contributed by atoms with E-state index in [1.165, 1.54) is 0 Å². The van der Waals surface area contributed by atoms with E-state index in [1.54, 1.807) is 12.3 Å². The quantitative estimate of drug-likeness (QED) is 0.760. The highest BCUT2D eigenvalue weighted by Gasteiger charge is 2.25. The molecule has 3 rings (SSSR count). The maximum absolute atomic E-state index is 12.6. The number of hydrogen-bond donors (Lipinski definition) is 3. The fraction of sp³-hybridized carbons (Fsp3) is 0.375. The SMILES string of the molecule is Cl.Cl.Cn1ccnc1-c1ccccc1C(=O)N[C@@H]1CCNC[C@H]1O. The van der Waals surface area contributed by atoms with Crippen molar-refractivity contribution in [1.29, 1.82) is 0 Å². The number of nitrogens with one attached hydrogen (secondary N) is 2. The summed E-state index contributed by atoms with van der Waals surface area (Å²) in [6.07, 6.45) is 3.72. The number of carbonyl (C=O) groups is 1. The van der Waals surface area contributed by atoms with Gasteiger partial charge in [-0.1, -0.05) is 18.2 Å². The smallest absolute Gasteiger partial charge is 0.252 e. The Kier molecular flexibility index (Phi) is 7.69. The van der Waals surface area contributed by atoms with Gasteiger partial charge in [-0.15, -0.1) is 24.8 Å². The fourth-order valence-corrected chi connectivity index (χ4v) is 2.76. The summed E-state index contributed by atoms with van der Waals surface area (Å²) >= 11 is 0. The first kappa shape index (κ1) is 20.4. The summed E-state index contributed by atoms with van der Waals surface area (Å²) in [6.45, 7) is 1.30. The Morgan fingerprint density at radius 1 is 1.38 bits per heavy atom. The van der Waals surface area contributed by atoms with Crippen molar-refractivity contribution in [2.24, 2.45) is 7.05 Å². The Morgan fingerprint density at radius 3 is 2.79 bits per heavy atom. The average molecular weight is 373 g/mol. The van der Waals surface area contributed by atoms with Gasteiger partial charge in [-0.05, 0) is 19.0 Å². The third-order valence-electron chi connectivity index (χ3n) is 4.00. The van der Waals surface area contributed by atoms with Crippen LogP contribution < -0.4 is 10.6 Å². The lowest BCUT2D eigenvalue weighted by molar-refractivity contribution is 0.0766. The minimum absolute atomic E-state index is 0. The van der Waals surface area contributed by atoms with Crippen LogP contribution in [-0.2, 0) is 7.05 Å². The molecule has 2 atom stereocenters. The number of imidazole rings is 1. The van der Waals surface area contributed by atoms with Gasteiger partial charge < -0.3 is 20.3 Å². The molecule has 0 radical (unpaired) electrons. The normalized spacial score (nSPS) is 19.8. The molecule has 0 bridgehead atoms. The number of hydrogen-bond acceptors (Lipinski definition) is 4. The standard InChI is InChI=1S/C16H20N4O2.2ClH/c1-20-9-8-18-15(20)11-4-2-3-5-12(11)16(22)19-13-6-7-17-10-14(13)21;;/h2-5,8-9,13-14,17,21H,6-7,10H2,1H3,(H,19,22);2*1H/t13-,14-;;/m1../s1. The fourth-order valence-electron chi connectivity index (χ4n) is 2.76. The summed E-state index contributed by atoms with van der Waals surface area (Å²) in [5, 5.41) is 16.0. The lowest BCUT2D eigenvalue weighted by atomic mass is 10.0. The van der Waals surface area contributed by atoms with Crippen molar-refractivity contribution in [3.63, 3.8) is 0 Å². The van der Waals surface area contributed by atoms with E-state index in [9.17, 15) is 9.90 Å². The lowest BCUT2D eigenvalue weighted by Crippen LogP contribution is -2.52. The number of aliphatic hydroxyl groups excluding tert-OH is 1. The van der Waals surface area contributed by atoms with E-state index in [4.69, 9.17) is 0 Å². The Labute approximate surface area is 153 Å². The monoisotopic (exact) mass is 372 g/mol. The van der Waals surface area contributed by atoms with Gasteiger partial charge in [0.2, 0.25) is 0 Å². The number of carbonyl (C=O) groups excluding carboxylic acids is 1. The number of piperidine rings is 1. The van der Waals surface area contributed by atoms with Gasteiger partial charge in [-0.2, -0.15) is 0 Å². The second-order valence-corrected chi connectivity index (χ2v) is 5.55. The first-order chi connectivity index (χ1) is 10.7. The van der Waals surface area contributed by atoms with Gasteiger partial charge in [0.05, 0.1) is 17.7 Å². The summed E-state index contributed by atoms with van der Waals surface area (Å²) in [5.41, 5.74) is 1.36. The van der Waals surface area contributed by atoms with Crippen molar-refractivity contribution in [2.75, 3.05) is 13.1 Å². The van der Waals surface area contributed by atoms with E-state index >= 15 is 0 Å². The molecule has 8 heteroatoms. The van der Waals surface area contributed by atoms with Crippen LogP contribution in [0.3, 0.4) is 0 Å². The molecule has 2 aromatic rings. The molecule has 1 aromatic heterocycles. The molecule has 0 spiro atoms. The maximum atomic E-state index is 12.6. The molecule has 1 aromatic carbocycles. The molecule has 3 N–H and O–H groups in total. The largest absolute Gasteiger partial charge is 0.390 e. The van der Waals surface area contributed by atoms with Crippen LogP contribution in [-0.4, -0.2) is 45.8 Å². The summed E-state index contributed by atoms with van der Waals surface area (Å²) in [6, 6.07) is 7.17. The summed E-state index contributed by atoms with van der Waals surface area (Å²) in [7, 11) is 1.90. The second kappa shape index (κ2) is 9.03. The van der Waals surface area contributed by atoms with Crippen molar-refractivity contribution < 1.29 is 9.90 Å². The molecule has 0 saturated carbocycles. The highest BCUT2D eigenvalue weighted by molar-refractivity contribution is 6.00. The second-order valence-electron chi connectivity index (χ2n) is 5.55. The zero-order chi connectivity index (χ0) is 15.5. The lowest BCUT2D eigenvalue weighted by Gasteiger charge is -2.29. The van der Waals surface area contributed by atoms with Crippen LogP contribution in [0, 0.1) is 0 Å². The summed E-state index contributed by atoms with van der Waals surface area (Å²) in [5.74, 6) is 0.571. The van der Waals surface area contributed by atoms with Crippen molar-refractivity contribution in [1.82, 2.24) is 20.2 Å². The highest BCUT2D eigenvalue weighted by Crippen LogP contribution is 2.22. The minimum Gasteiger partial charge on any atom is -0.390 e. The van der Waals surface area contributed by atoms with Crippen LogP contribution in [0.5, 0.6) is 0 Å². The topological polar surface area (TPSA) is 79.2 Å². The van der Waals surface area contributed by atoms with Crippen LogP contribution >= 0.6 is 24.8 Å². The van der Waals surface area contributed by atoms with Crippen LogP contribution in [0.1, 0.15) is 16.8 Å². The van der Waals surface area contributed by atoms with Crippen LogP contribution in [0.2, 0.25) is 0 Å². The zero-order valence-electron chi connectivity index (χ0n) is 13.3. The molecule has 24 heavy (non-hydrogen) atoms. The van der Waals surface area contributed by atoms with Gasteiger partial charge in [-0.3, -0.25) is 4.79 Å². The number of β-amino-alcohol motifs (C(OH)–C–C–N with tert-alkyl or cyclic N) is 1. The van der Waals surface area contributed by atoms with E-state index < -0.39 is 6.10 Å². The van der Waals surface area contributed by atoms with E-state index in [-0.39, 0.29) is 36.8 Å². The molecule has 1 aliphatic heterocycles. The van der Waals surface area contributed by atoms with Gasteiger partial charge in [0, 0.05) is 31.5 Å². The van der Waals surface area contributed by atoms with E-state index in [1.807, 2.05) is 36.0 Å². The molecule has 1 amide bonds. The van der Waals surface area contributed by atoms with Crippen LogP contribution in [0.4, 0.5) is 0 Å². The van der Waals surface area contributed by atoms with Gasteiger partial charge >= 0.3 is 0 Å². The van der Waals surface area contributed by atoms with Gasteiger partial charge in [0.25, 0.3) is 5.91 Å². The average Bonchev–Trinajstić information content (AvgIpc) is 2.95. The first-order valence-corrected chi connectivity index (χ1v) is 7.43. The third-order valence-corrected chi connectivity index (χ3v) is 4.00. The molecular weight excluding hydrogens is 351 g/mol. The Bertz CT molecular complexity index is 678. The maximum Gasteiger partial charge on any atom is 0.252 e. The number of aliphatic hydroxyl groups is 1. The Hall–Kier alpha value is -1.60. The number of rotatable bonds is 3. The highest BCUT2D eigenvalue weighted by atomic mass is 35.5. The summed E-state index contributed by atoms with van der Waals surface area (Å²) in [4.78, 5) is 16.9. The van der Waals surface area contributed by atoms with Gasteiger partial charge in [0.1, 0.15) is 5.82 Å². The molecular formula is C16H22Cl2N4O2. The number of halogens is 2. The third kappa shape index (κ3) is 4.27. The molecule has 132 valence electrons. The zero-order valence-corrected chi connectivity index (χ0v) is 14.9. The molecule has 2 heterocycles. The first-order valence-electron chi connectivity index (χ1n) is 7.43. The van der Waals surface area contributed by atoms with Crippen molar-refractivity contribution in [2.45, 2.75) is 18.6 Å². The Morgan fingerprint density at radius 2 is 2.12 bits per heavy atom. The van der Waals surface area contributed by atoms with Crippen molar-refractivity contribution in [3.8, 4) is 11.4 Å². The van der Waals surface area contributed by atoms with Gasteiger partial charge in [0.15, 0.2) is 0 Å². The van der Waals surface area contributed by atoms with Crippen molar-refractivity contribution in [3.05, 3.63) is 42.2 Å². The predicted molar refractivity (Wildman–Crippen MR) is 97.9 cm³/mol. The number of aryl methyl sites for hydroxylation is 1. The molecule has 1 saturated heterocycles. The predicted octanol–water partition coefficient (Wildman–Crippen LogP) is 1.38. The minimum atomic E-state index is -0.557. The number of amides is 1. The van der Waals surface area contributed by atoms with E-state index in [0.717, 1.165) is 24.4 Å². The van der Waals surface area contributed by atoms with Gasteiger partial charge in [-0.25, -0.2) is 4.98 Å². The van der Waals surface area contributed by atoms with Crippen molar-refractivity contribution >= 4 is 30.7 Å². The molecule has 0 aliphatic carbocycles. The molecule has 1 fully saturated rings. The number of nitrogens with zero attached hydrogens (tertiary/aromatic N) is 2. The van der Waals surface area contributed by atoms with E-state index in [0.29, 0.717) is 12.1 Å². The molecule has 6 nitrogen and oxygen atoms in total. The summed E-state index contributed by atoms with van der Waals surface area (Å²) < 4.78 is 1.88. The number of aromatic nitrogens is 2. The van der Waals surface area contributed by atoms with Crippen LogP contribution in [0.15, 0.2) is 36.7 Å². The van der Waals surface area contributed by atoms with E-state index in [2.05, 4.69) is 15.6 Å².